The zero-order chi connectivity index (χ0) is 21.7. The predicted molar refractivity (Wildman–Crippen MR) is 117 cm³/mol. The van der Waals surface area contributed by atoms with E-state index in [1.807, 2.05) is 35.7 Å². The maximum absolute atomic E-state index is 12.8. The Morgan fingerprint density at radius 1 is 1.10 bits per heavy atom. The predicted octanol–water partition coefficient (Wildman–Crippen LogP) is 2.24. The molecule has 1 aromatic carbocycles. The number of aryl methyl sites for hydroxylation is 2. The van der Waals surface area contributed by atoms with Crippen LogP contribution in [0, 0.1) is 6.92 Å². The third kappa shape index (κ3) is 5.33. The Bertz CT molecular complexity index is 878. The number of aromatic nitrogens is 2. The van der Waals surface area contributed by atoms with Gasteiger partial charge in [0.15, 0.2) is 11.5 Å². The molecule has 0 aliphatic carbocycles. The summed E-state index contributed by atoms with van der Waals surface area (Å²) in [5.74, 6) is 1.60. The van der Waals surface area contributed by atoms with E-state index in [4.69, 9.17) is 9.47 Å². The second-order valence-electron chi connectivity index (χ2n) is 8.09. The first-order valence-corrected chi connectivity index (χ1v) is 10.6. The minimum absolute atomic E-state index is 0.189. The minimum Gasteiger partial charge on any atom is -0.493 e. The van der Waals surface area contributed by atoms with Crippen LogP contribution in [0.1, 0.15) is 28.9 Å². The van der Waals surface area contributed by atoms with Crippen LogP contribution >= 0.6 is 0 Å². The van der Waals surface area contributed by atoms with Gasteiger partial charge in [0, 0.05) is 38.8 Å². The maximum atomic E-state index is 12.8. The lowest BCUT2D eigenvalue weighted by molar-refractivity contribution is -0.130. The van der Waals surface area contributed by atoms with Crippen LogP contribution in [0.4, 0.5) is 0 Å². The lowest BCUT2D eigenvalue weighted by atomic mass is 10.0. The van der Waals surface area contributed by atoms with Gasteiger partial charge in [-0.1, -0.05) is 0 Å². The third-order valence-electron chi connectivity index (χ3n) is 5.87. The minimum atomic E-state index is 0.189. The number of carbonyl (C=O) groups excluding carboxylic acids is 1. The van der Waals surface area contributed by atoms with Gasteiger partial charge in [-0.2, -0.15) is 5.10 Å². The highest BCUT2D eigenvalue weighted by Gasteiger charge is 2.22. The fourth-order valence-corrected chi connectivity index (χ4v) is 4.10. The summed E-state index contributed by atoms with van der Waals surface area (Å²) in [5.41, 5.74) is 4.53. The van der Waals surface area contributed by atoms with E-state index in [1.165, 1.54) is 11.3 Å². The molecule has 0 fully saturated rings. The number of ether oxygens (including phenoxy) is 2. The van der Waals surface area contributed by atoms with Crippen molar-refractivity contribution in [3.8, 4) is 11.5 Å². The molecule has 0 spiro atoms. The van der Waals surface area contributed by atoms with Gasteiger partial charge in [-0.05, 0) is 62.7 Å². The molecule has 0 saturated heterocycles. The summed E-state index contributed by atoms with van der Waals surface area (Å²) in [6.45, 7) is 5.51. The first-order chi connectivity index (χ1) is 14.4. The van der Waals surface area contributed by atoms with Crippen LogP contribution in [0.2, 0.25) is 0 Å². The smallest absolute Gasteiger partial charge is 0.227 e. The first kappa shape index (κ1) is 22.2. The van der Waals surface area contributed by atoms with Crippen LogP contribution in [0.15, 0.2) is 18.2 Å². The molecule has 0 atom stereocenters. The summed E-state index contributed by atoms with van der Waals surface area (Å²) in [7, 11) is 7.41. The van der Waals surface area contributed by atoms with Gasteiger partial charge >= 0.3 is 0 Å². The number of hydrogen-bond donors (Lipinski definition) is 0. The average molecular weight is 415 g/mol. The number of amides is 1. The van der Waals surface area contributed by atoms with Gasteiger partial charge in [0.2, 0.25) is 5.91 Å². The zero-order valence-corrected chi connectivity index (χ0v) is 18.9. The van der Waals surface area contributed by atoms with E-state index in [1.54, 1.807) is 14.2 Å². The van der Waals surface area contributed by atoms with Gasteiger partial charge in [0.1, 0.15) is 0 Å². The van der Waals surface area contributed by atoms with Crippen molar-refractivity contribution in [3.05, 3.63) is 40.7 Å². The molecule has 2 heterocycles. The Morgan fingerprint density at radius 3 is 2.43 bits per heavy atom. The molecule has 30 heavy (non-hydrogen) atoms. The summed E-state index contributed by atoms with van der Waals surface area (Å²) in [5, 5.41) is 4.41. The van der Waals surface area contributed by atoms with Crippen LogP contribution in [0.25, 0.3) is 0 Å². The van der Waals surface area contributed by atoms with E-state index in [9.17, 15) is 4.79 Å². The number of benzene rings is 1. The average Bonchev–Trinajstić information content (AvgIpc) is 2.96. The van der Waals surface area contributed by atoms with E-state index < -0.39 is 0 Å². The highest BCUT2D eigenvalue weighted by molar-refractivity contribution is 5.80. The summed E-state index contributed by atoms with van der Waals surface area (Å²) in [6.07, 6.45) is 3.22. The monoisotopic (exact) mass is 414 g/mol. The molecule has 0 N–H and O–H groups in total. The number of hydrogen-bond acceptors (Lipinski definition) is 5. The van der Waals surface area contributed by atoms with E-state index in [0.717, 1.165) is 62.4 Å². The van der Waals surface area contributed by atoms with Crippen LogP contribution in [-0.4, -0.2) is 72.9 Å². The van der Waals surface area contributed by atoms with E-state index >= 15 is 0 Å². The molecular formula is C23H34N4O3. The molecule has 1 aromatic heterocycles. The standard InChI is InChI=1S/C23H34N4O3/c1-17-13-20(26(3)24-17)8-11-25(2)9-6-10-27-12-7-18-14-21(29-4)22(30-5)15-19(18)16-23(27)28/h13-15H,6-12,16H2,1-5H3. The Kier molecular flexibility index (Phi) is 7.37. The molecule has 1 aliphatic heterocycles. The lowest BCUT2D eigenvalue weighted by Crippen LogP contribution is -2.35. The molecule has 0 bridgehead atoms. The number of nitrogens with zero attached hydrogens (tertiary/aromatic N) is 4. The summed E-state index contributed by atoms with van der Waals surface area (Å²) >= 11 is 0. The molecule has 1 amide bonds. The summed E-state index contributed by atoms with van der Waals surface area (Å²) in [4.78, 5) is 17.1. The van der Waals surface area contributed by atoms with Gasteiger partial charge < -0.3 is 19.3 Å². The van der Waals surface area contributed by atoms with Crippen molar-refractivity contribution in [2.75, 3.05) is 47.4 Å². The van der Waals surface area contributed by atoms with E-state index in [0.29, 0.717) is 12.2 Å². The van der Waals surface area contributed by atoms with Crippen molar-refractivity contribution in [3.63, 3.8) is 0 Å². The molecule has 164 valence electrons. The van der Waals surface area contributed by atoms with Crippen LogP contribution in [0.3, 0.4) is 0 Å². The third-order valence-corrected chi connectivity index (χ3v) is 5.87. The van der Waals surface area contributed by atoms with Gasteiger partial charge in [-0.25, -0.2) is 0 Å². The number of fused-ring (bicyclic) bond motifs is 1. The lowest BCUT2D eigenvalue weighted by Gasteiger charge is -2.22. The highest BCUT2D eigenvalue weighted by Crippen LogP contribution is 2.32. The number of methoxy groups -OCH3 is 2. The van der Waals surface area contributed by atoms with E-state index in [2.05, 4.69) is 23.1 Å². The SMILES string of the molecule is COc1cc2c(cc1OC)CC(=O)N(CCCN(C)CCc1cc(C)nn1C)CC2. The largest absolute Gasteiger partial charge is 0.493 e. The molecule has 0 saturated carbocycles. The molecular weight excluding hydrogens is 380 g/mol. The van der Waals surface area contributed by atoms with Crippen molar-refractivity contribution in [1.29, 1.82) is 0 Å². The molecule has 3 rings (SSSR count). The zero-order valence-electron chi connectivity index (χ0n) is 18.9. The van der Waals surface area contributed by atoms with Crippen LogP contribution < -0.4 is 9.47 Å². The normalized spacial score (nSPS) is 14.1. The molecule has 0 radical (unpaired) electrons. The quantitative estimate of drug-likeness (QED) is 0.630. The van der Waals surface area contributed by atoms with E-state index in [-0.39, 0.29) is 5.91 Å². The molecule has 7 nitrogen and oxygen atoms in total. The van der Waals surface area contributed by atoms with Gasteiger partial charge in [0.25, 0.3) is 0 Å². The fourth-order valence-electron chi connectivity index (χ4n) is 4.10. The number of carbonyl (C=O) groups is 1. The first-order valence-electron chi connectivity index (χ1n) is 10.6. The Hall–Kier alpha value is -2.54. The van der Waals surface area contributed by atoms with Crippen molar-refractivity contribution < 1.29 is 14.3 Å². The van der Waals surface area contributed by atoms with Crippen LogP contribution in [0.5, 0.6) is 11.5 Å². The van der Waals surface area contributed by atoms with Gasteiger partial charge in [-0.3, -0.25) is 9.48 Å². The fraction of sp³-hybridized carbons (Fsp3) is 0.565. The second-order valence-corrected chi connectivity index (χ2v) is 8.09. The number of rotatable bonds is 9. The van der Waals surface area contributed by atoms with Crippen LogP contribution in [-0.2, 0) is 31.1 Å². The van der Waals surface area contributed by atoms with Gasteiger partial charge in [-0.15, -0.1) is 0 Å². The topological polar surface area (TPSA) is 59.8 Å². The summed E-state index contributed by atoms with van der Waals surface area (Å²) in [6, 6.07) is 6.10. The van der Waals surface area contributed by atoms with Crippen molar-refractivity contribution in [2.24, 2.45) is 7.05 Å². The Morgan fingerprint density at radius 2 is 1.80 bits per heavy atom. The van der Waals surface area contributed by atoms with Crippen molar-refractivity contribution >= 4 is 5.91 Å². The highest BCUT2D eigenvalue weighted by atomic mass is 16.5. The maximum Gasteiger partial charge on any atom is 0.227 e. The molecule has 7 heteroatoms. The molecule has 1 aliphatic rings. The van der Waals surface area contributed by atoms with Gasteiger partial charge in [0.05, 0.1) is 26.3 Å². The molecule has 0 unspecified atom stereocenters. The second kappa shape index (κ2) is 9.98. The van der Waals surface area contributed by atoms with Crippen molar-refractivity contribution in [1.82, 2.24) is 19.6 Å². The molecule has 2 aromatic rings. The Balaban J connectivity index is 1.49. The Labute approximate surface area is 179 Å². The number of likely N-dealkylation sites (N-methyl/N-ethyl adjacent to an activating group) is 1. The summed E-state index contributed by atoms with van der Waals surface area (Å²) < 4.78 is 12.8. The van der Waals surface area contributed by atoms with Crippen molar-refractivity contribution in [2.45, 2.75) is 32.6 Å².